The lowest BCUT2D eigenvalue weighted by Crippen LogP contribution is -2.12. The van der Waals surface area contributed by atoms with Crippen LogP contribution in [0.15, 0.2) is 42.6 Å². The molecule has 1 aromatic heterocycles. The van der Waals surface area contributed by atoms with Crippen LogP contribution in [-0.4, -0.2) is 30.2 Å². The molecule has 5 nitrogen and oxygen atoms in total. The van der Waals surface area contributed by atoms with Crippen molar-refractivity contribution in [3.63, 3.8) is 0 Å². The molecule has 0 amide bonds. The lowest BCUT2D eigenvalue weighted by Gasteiger charge is -2.14. The van der Waals surface area contributed by atoms with Crippen molar-refractivity contribution in [1.29, 1.82) is 0 Å². The van der Waals surface area contributed by atoms with Crippen LogP contribution >= 0.6 is 0 Å². The number of para-hydroxylation sites is 1. The Balaban J connectivity index is 2.15. The Morgan fingerprint density at radius 1 is 0.958 bits per heavy atom. The van der Waals surface area contributed by atoms with Gasteiger partial charge in [-0.2, -0.15) is 0 Å². The number of methoxy groups -OCH3 is 2. The van der Waals surface area contributed by atoms with Crippen molar-refractivity contribution in [3.8, 4) is 22.6 Å². The SMILES string of the molecule is COc1ccccc1-c1cc2cnc(NC(C)C)nc2cc1OC. The van der Waals surface area contributed by atoms with E-state index in [1.54, 1.807) is 14.2 Å². The second kappa shape index (κ2) is 6.74. The number of benzene rings is 2. The lowest BCUT2D eigenvalue weighted by atomic mass is 10.0. The molecular weight excluding hydrogens is 302 g/mol. The third kappa shape index (κ3) is 3.11. The van der Waals surface area contributed by atoms with Gasteiger partial charge in [-0.15, -0.1) is 0 Å². The van der Waals surface area contributed by atoms with Crippen molar-refractivity contribution in [3.05, 3.63) is 42.6 Å². The molecule has 0 saturated carbocycles. The van der Waals surface area contributed by atoms with Gasteiger partial charge in [0.05, 0.1) is 19.7 Å². The lowest BCUT2D eigenvalue weighted by molar-refractivity contribution is 0.410. The summed E-state index contributed by atoms with van der Waals surface area (Å²) in [6.07, 6.45) is 1.82. The summed E-state index contributed by atoms with van der Waals surface area (Å²) in [5, 5.41) is 4.17. The number of fused-ring (bicyclic) bond motifs is 1. The standard InChI is InChI=1S/C19H21N3O2/c1-12(2)21-19-20-11-13-9-15(18(24-4)10-16(13)22-19)14-7-5-6-8-17(14)23-3/h5-12H,1-4H3,(H,20,21,22). The maximum Gasteiger partial charge on any atom is 0.223 e. The summed E-state index contributed by atoms with van der Waals surface area (Å²) < 4.78 is 11.1. The van der Waals surface area contributed by atoms with Crippen molar-refractivity contribution < 1.29 is 9.47 Å². The number of nitrogens with one attached hydrogen (secondary N) is 1. The van der Waals surface area contributed by atoms with Crippen molar-refractivity contribution in [2.75, 3.05) is 19.5 Å². The summed E-state index contributed by atoms with van der Waals surface area (Å²) in [7, 11) is 3.33. The Morgan fingerprint density at radius 2 is 1.71 bits per heavy atom. The molecule has 2 aromatic carbocycles. The molecule has 0 bridgehead atoms. The van der Waals surface area contributed by atoms with E-state index in [-0.39, 0.29) is 6.04 Å². The molecule has 0 unspecified atom stereocenters. The Morgan fingerprint density at radius 3 is 2.42 bits per heavy atom. The van der Waals surface area contributed by atoms with Crippen LogP contribution in [0.1, 0.15) is 13.8 Å². The second-order valence-electron chi connectivity index (χ2n) is 5.80. The Hall–Kier alpha value is -2.82. The molecule has 0 spiro atoms. The van der Waals surface area contributed by atoms with Gasteiger partial charge in [0, 0.05) is 34.8 Å². The van der Waals surface area contributed by atoms with Gasteiger partial charge in [-0.25, -0.2) is 9.97 Å². The molecule has 3 aromatic rings. The minimum Gasteiger partial charge on any atom is -0.496 e. The quantitative estimate of drug-likeness (QED) is 0.765. The molecule has 24 heavy (non-hydrogen) atoms. The van der Waals surface area contributed by atoms with Crippen molar-refractivity contribution in [1.82, 2.24) is 9.97 Å². The van der Waals surface area contributed by atoms with Gasteiger partial charge >= 0.3 is 0 Å². The largest absolute Gasteiger partial charge is 0.496 e. The molecule has 0 radical (unpaired) electrons. The second-order valence-corrected chi connectivity index (χ2v) is 5.80. The Kier molecular flexibility index (Phi) is 4.51. The van der Waals surface area contributed by atoms with E-state index in [0.717, 1.165) is 33.5 Å². The predicted octanol–water partition coefficient (Wildman–Crippen LogP) is 4.13. The van der Waals surface area contributed by atoms with Crippen LogP contribution in [0.2, 0.25) is 0 Å². The predicted molar refractivity (Wildman–Crippen MR) is 96.8 cm³/mol. The number of ether oxygens (including phenoxy) is 2. The van der Waals surface area contributed by atoms with Crippen LogP contribution in [0.5, 0.6) is 11.5 Å². The van der Waals surface area contributed by atoms with Crippen molar-refractivity contribution >= 4 is 16.9 Å². The number of nitrogens with zero attached hydrogens (tertiary/aromatic N) is 2. The molecule has 0 saturated heterocycles. The zero-order chi connectivity index (χ0) is 17.1. The van der Waals surface area contributed by atoms with E-state index in [1.165, 1.54) is 0 Å². The summed E-state index contributed by atoms with van der Waals surface area (Å²) in [5.41, 5.74) is 2.77. The average Bonchev–Trinajstić information content (AvgIpc) is 2.60. The number of hydrogen-bond acceptors (Lipinski definition) is 5. The van der Waals surface area contributed by atoms with Crippen molar-refractivity contribution in [2.24, 2.45) is 0 Å². The molecule has 0 atom stereocenters. The average molecular weight is 323 g/mol. The highest BCUT2D eigenvalue weighted by Crippen LogP contribution is 2.38. The topological polar surface area (TPSA) is 56.3 Å². The van der Waals surface area contributed by atoms with E-state index < -0.39 is 0 Å². The normalized spacial score (nSPS) is 10.9. The van der Waals surface area contributed by atoms with E-state index in [0.29, 0.717) is 5.95 Å². The fourth-order valence-electron chi connectivity index (χ4n) is 2.63. The first-order valence-corrected chi connectivity index (χ1v) is 7.87. The minimum atomic E-state index is 0.275. The maximum absolute atomic E-state index is 5.59. The van der Waals surface area contributed by atoms with E-state index >= 15 is 0 Å². The maximum atomic E-state index is 5.59. The van der Waals surface area contributed by atoms with Crippen LogP contribution in [0, 0.1) is 0 Å². The molecule has 5 heteroatoms. The highest BCUT2D eigenvalue weighted by atomic mass is 16.5. The van der Waals surface area contributed by atoms with Gasteiger partial charge in [-0.05, 0) is 26.0 Å². The molecule has 1 N–H and O–H groups in total. The summed E-state index contributed by atoms with van der Waals surface area (Å²) in [6, 6.07) is 12.1. The molecule has 0 aliphatic heterocycles. The third-order valence-electron chi connectivity index (χ3n) is 3.72. The zero-order valence-corrected chi connectivity index (χ0v) is 14.3. The van der Waals surface area contributed by atoms with Crippen LogP contribution < -0.4 is 14.8 Å². The van der Waals surface area contributed by atoms with Crippen molar-refractivity contribution in [2.45, 2.75) is 19.9 Å². The van der Waals surface area contributed by atoms with Gasteiger partial charge in [0.25, 0.3) is 0 Å². The van der Waals surface area contributed by atoms with E-state index in [9.17, 15) is 0 Å². The Labute approximate surface area is 141 Å². The van der Waals surface area contributed by atoms with E-state index in [2.05, 4.69) is 29.1 Å². The van der Waals surface area contributed by atoms with E-state index in [1.807, 2.05) is 42.6 Å². The molecular formula is C19H21N3O2. The molecule has 3 rings (SSSR count). The first-order valence-electron chi connectivity index (χ1n) is 7.87. The minimum absolute atomic E-state index is 0.275. The fraction of sp³-hybridized carbons (Fsp3) is 0.263. The van der Waals surface area contributed by atoms with E-state index in [4.69, 9.17) is 9.47 Å². The fourth-order valence-corrected chi connectivity index (χ4v) is 2.63. The Bertz CT molecular complexity index is 862. The van der Waals surface area contributed by atoms with Gasteiger partial charge in [-0.3, -0.25) is 0 Å². The van der Waals surface area contributed by atoms with Crippen LogP contribution in [0.3, 0.4) is 0 Å². The van der Waals surface area contributed by atoms with Gasteiger partial charge < -0.3 is 14.8 Å². The number of aromatic nitrogens is 2. The first kappa shape index (κ1) is 16.1. The molecule has 124 valence electrons. The first-order chi connectivity index (χ1) is 11.6. The molecule has 0 fully saturated rings. The summed E-state index contributed by atoms with van der Waals surface area (Å²) in [5.74, 6) is 2.17. The molecule has 1 heterocycles. The van der Waals surface area contributed by atoms with Gasteiger partial charge in [0.15, 0.2) is 0 Å². The van der Waals surface area contributed by atoms with Crippen LogP contribution in [0.4, 0.5) is 5.95 Å². The number of rotatable bonds is 5. The van der Waals surface area contributed by atoms with Gasteiger partial charge in [0.2, 0.25) is 5.95 Å². The highest BCUT2D eigenvalue weighted by molar-refractivity contribution is 5.89. The van der Waals surface area contributed by atoms with Crippen LogP contribution in [0.25, 0.3) is 22.0 Å². The van der Waals surface area contributed by atoms with Gasteiger partial charge in [-0.1, -0.05) is 18.2 Å². The summed E-state index contributed by atoms with van der Waals surface area (Å²) >= 11 is 0. The summed E-state index contributed by atoms with van der Waals surface area (Å²) in [6.45, 7) is 4.11. The third-order valence-corrected chi connectivity index (χ3v) is 3.72. The number of anilines is 1. The summed E-state index contributed by atoms with van der Waals surface area (Å²) in [4.78, 5) is 8.95. The smallest absolute Gasteiger partial charge is 0.223 e. The number of hydrogen-bond donors (Lipinski definition) is 1. The molecule has 0 aliphatic carbocycles. The molecule has 0 aliphatic rings. The monoisotopic (exact) mass is 323 g/mol. The zero-order valence-electron chi connectivity index (χ0n) is 14.3. The van der Waals surface area contributed by atoms with Crippen LogP contribution in [-0.2, 0) is 0 Å². The van der Waals surface area contributed by atoms with Gasteiger partial charge in [0.1, 0.15) is 11.5 Å². The highest BCUT2D eigenvalue weighted by Gasteiger charge is 2.13.